The van der Waals surface area contributed by atoms with E-state index in [1.54, 1.807) is 53.2 Å². The Morgan fingerprint density at radius 1 is 1.11 bits per heavy atom. The SMILES string of the molecule is C[C@H]1[C@H]([Si](C)(C)F)[C@@H](CC(=O)N2CCC[C@H]2CO)O[C@]12C(=O)N(Cc1cccc(NC(=O)c3ccccc3)c1)c1ccc(Br)cc12. The van der Waals surface area contributed by atoms with Crippen molar-refractivity contribution in [3.8, 4) is 0 Å². The van der Waals surface area contributed by atoms with Gasteiger partial charge in [-0.1, -0.05) is 53.2 Å². The normalized spacial score (nSPS) is 25.7. The standard InChI is InChI=1S/C35H39BrFN3O5Si/c1-22-32(46(2,3)37)30(19-31(42)39-16-8-13-27(39)21-41)45-35(22)28-18-25(36)14-15-29(28)40(34(35)44)20-23-9-7-12-26(17-23)38-33(43)24-10-5-4-6-11-24/h4-7,9-12,14-15,17-18,22,27,30,32,41H,8,13,16,19-21H2,1-3H3,(H,38,43)/t22-,27-,30+,32-,35+/m0/s1. The summed E-state index contributed by atoms with van der Waals surface area (Å²) in [6.07, 6.45) is 0.698. The van der Waals surface area contributed by atoms with E-state index in [0.29, 0.717) is 29.0 Å². The molecule has 0 bridgehead atoms. The van der Waals surface area contributed by atoms with Crippen LogP contribution >= 0.6 is 15.9 Å². The predicted octanol–water partition coefficient (Wildman–Crippen LogP) is 6.40. The molecule has 3 aliphatic heterocycles. The van der Waals surface area contributed by atoms with Gasteiger partial charge in [-0.2, -0.15) is 0 Å². The average molecular weight is 709 g/mol. The van der Waals surface area contributed by atoms with E-state index < -0.39 is 31.6 Å². The minimum atomic E-state index is -3.46. The van der Waals surface area contributed by atoms with Crippen molar-refractivity contribution in [3.63, 3.8) is 0 Å². The van der Waals surface area contributed by atoms with Crippen LogP contribution in [0.4, 0.5) is 15.5 Å². The fourth-order valence-corrected chi connectivity index (χ4v) is 10.6. The van der Waals surface area contributed by atoms with E-state index in [1.807, 2.05) is 49.4 Å². The second-order valence-corrected chi connectivity index (χ2v) is 17.8. The maximum atomic E-state index is 16.2. The molecule has 2 fully saturated rings. The first kappa shape index (κ1) is 32.6. The van der Waals surface area contributed by atoms with Gasteiger partial charge in [-0.25, -0.2) is 0 Å². The van der Waals surface area contributed by atoms with Gasteiger partial charge in [0, 0.05) is 39.3 Å². The summed E-state index contributed by atoms with van der Waals surface area (Å²) in [5.74, 6) is -1.24. The number of anilines is 2. The molecule has 1 spiro atoms. The monoisotopic (exact) mass is 707 g/mol. The zero-order chi connectivity index (χ0) is 32.8. The Kier molecular flexibility index (Phi) is 8.97. The minimum absolute atomic E-state index is 0.0482. The third kappa shape index (κ3) is 5.82. The first-order valence-electron chi connectivity index (χ1n) is 15.8. The summed E-state index contributed by atoms with van der Waals surface area (Å²) in [5.41, 5.74) is 1.17. The topological polar surface area (TPSA) is 99.2 Å². The lowest BCUT2D eigenvalue weighted by molar-refractivity contribution is -0.150. The van der Waals surface area contributed by atoms with Crippen molar-refractivity contribution in [1.82, 2.24) is 4.90 Å². The van der Waals surface area contributed by atoms with Gasteiger partial charge in [-0.3, -0.25) is 14.4 Å². The number of hydrogen-bond acceptors (Lipinski definition) is 5. The zero-order valence-corrected chi connectivity index (χ0v) is 28.8. The minimum Gasteiger partial charge on any atom is -0.394 e. The van der Waals surface area contributed by atoms with Crippen LogP contribution in [0.2, 0.25) is 18.6 Å². The van der Waals surface area contributed by atoms with Gasteiger partial charge in [0.25, 0.3) is 11.8 Å². The Morgan fingerprint density at radius 2 is 1.87 bits per heavy atom. The summed E-state index contributed by atoms with van der Waals surface area (Å²) in [6, 6.07) is 21.7. The molecule has 0 radical (unpaired) electrons. The fraction of sp³-hybridized carbons (Fsp3) is 0.400. The predicted molar refractivity (Wildman–Crippen MR) is 181 cm³/mol. The number of hydrogen-bond donors (Lipinski definition) is 2. The molecule has 46 heavy (non-hydrogen) atoms. The van der Waals surface area contributed by atoms with Gasteiger partial charge < -0.3 is 29.1 Å². The van der Waals surface area contributed by atoms with E-state index in [0.717, 1.165) is 22.9 Å². The fourth-order valence-electron chi connectivity index (χ4n) is 7.74. The van der Waals surface area contributed by atoms with Crippen LogP contribution in [0.5, 0.6) is 0 Å². The Morgan fingerprint density at radius 3 is 2.59 bits per heavy atom. The van der Waals surface area contributed by atoms with Crippen molar-refractivity contribution in [3.05, 3.63) is 94.0 Å². The maximum absolute atomic E-state index is 16.2. The second kappa shape index (κ2) is 12.7. The summed E-state index contributed by atoms with van der Waals surface area (Å²) < 4.78 is 23.7. The van der Waals surface area contributed by atoms with Gasteiger partial charge in [0.2, 0.25) is 14.3 Å². The van der Waals surface area contributed by atoms with E-state index in [1.165, 1.54) is 0 Å². The molecular formula is C35H39BrFN3O5Si. The molecule has 0 aliphatic carbocycles. The highest BCUT2D eigenvalue weighted by Crippen LogP contribution is 2.60. The molecule has 2 N–H and O–H groups in total. The van der Waals surface area contributed by atoms with Gasteiger partial charge in [-0.05, 0) is 74.0 Å². The smallest absolute Gasteiger partial charge is 0.264 e. The number of likely N-dealkylation sites (tertiary alicyclic amines) is 1. The molecule has 0 unspecified atom stereocenters. The van der Waals surface area contributed by atoms with Gasteiger partial charge in [0.15, 0.2) is 5.60 Å². The summed E-state index contributed by atoms with van der Waals surface area (Å²) in [7, 11) is -3.46. The summed E-state index contributed by atoms with van der Waals surface area (Å²) in [6.45, 7) is 5.75. The molecule has 3 amide bonds. The Labute approximate surface area is 278 Å². The first-order chi connectivity index (χ1) is 21.9. The molecule has 3 aromatic rings. The molecule has 3 aromatic carbocycles. The van der Waals surface area contributed by atoms with Crippen LogP contribution in [0, 0.1) is 5.92 Å². The number of nitrogens with zero attached hydrogens (tertiary/aromatic N) is 2. The molecule has 0 aromatic heterocycles. The molecule has 8 nitrogen and oxygen atoms in total. The summed E-state index contributed by atoms with van der Waals surface area (Å²) in [4.78, 5) is 44.4. The van der Waals surface area contributed by atoms with E-state index >= 15 is 4.11 Å². The van der Waals surface area contributed by atoms with E-state index in [2.05, 4.69) is 21.2 Å². The van der Waals surface area contributed by atoms with Crippen LogP contribution in [0.15, 0.2) is 77.3 Å². The number of aliphatic hydroxyl groups is 1. The van der Waals surface area contributed by atoms with E-state index in [9.17, 15) is 19.5 Å². The molecule has 6 rings (SSSR count). The largest absolute Gasteiger partial charge is 0.394 e. The Balaban J connectivity index is 1.31. The molecule has 3 aliphatic rings. The number of rotatable bonds is 8. The lowest BCUT2D eigenvalue weighted by atomic mass is 9.82. The molecule has 3 heterocycles. The number of benzene rings is 3. The number of ether oxygens (including phenoxy) is 1. The number of carbonyl (C=O) groups excluding carboxylic acids is 3. The first-order valence-corrected chi connectivity index (χ1v) is 19.5. The summed E-state index contributed by atoms with van der Waals surface area (Å²) in [5, 5.41) is 12.7. The molecule has 5 atom stereocenters. The van der Waals surface area contributed by atoms with Crippen molar-refractivity contribution in [2.45, 2.75) is 69.1 Å². The van der Waals surface area contributed by atoms with E-state index in [4.69, 9.17) is 4.74 Å². The van der Waals surface area contributed by atoms with Crippen LogP contribution < -0.4 is 10.2 Å². The number of nitrogens with one attached hydrogen (secondary N) is 1. The lowest BCUT2D eigenvalue weighted by Crippen LogP contribution is -2.45. The van der Waals surface area contributed by atoms with Gasteiger partial charge in [-0.15, -0.1) is 0 Å². The maximum Gasteiger partial charge on any atom is 0.264 e. The van der Waals surface area contributed by atoms with Gasteiger partial charge in [0.05, 0.1) is 37.4 Å². The highest BCUT2D eigenvalue weighted by molar-refractivity contribution is 9.10. The molecule has 0 saturated carbocycles. The number of aliphatic hydroxyl groups excluding tert-OH is 1. The van der Waals surface area contributed by atoms with Crippen molar-refractivity contribution in [2.24, 2.45) is 5.92 Å². The Bertz CT molecular complexity index is 1650. The van der Waals surface area contributed by atoms with Gasteiger partial charge >= 0.3 is 0 Å². The number of carbonyl (C=O) groups is 3. The van der Waals surface area contributed by atoms with Crippen LogP contribution in [0.1, 0.15) is 47.7 Å². The molecule has 11 heteroatoms. The zero-order valence-electron chi connectivity index (χ0n) is 26.2. The van der Waals surface area contributed by atoms with Crippen molar-refractivity contribution < 1.29 is 28.3 Å². The average Bonchev–Trinajstić information content (AvgIpc) is 3.68. The molecule has 242 valence electrons. The number of amides is 3. The molecule has 2 saturated heterocycles. The number of fused-ring (bicyclic) bond motifs is 2. The summed E-state index contributed by atoms with van der Waals surface area (Å²) >= 11 is 3.57. The van der Waals surface area contributed by atoms with Crippen LogP contribution in [0.3, 0.4) is 0 Å². The second-order valence-electron chi connectivity index (χ2n) is 13.1. The molecular weight excluding hydrogens is 669 g/mol. The van der Waals surface area contributed by atoms with Crippen LogP contribution in [0.25, 0.3) is 0 Å². The van der Waals surface area contributed by atoms with Crippen molar-refractivity contribution in [2.75, 3.05) is 23.4 Å². The highest BCUT2D eigenvalue weighted by atomic mass is 79.9. The number of halogens is 2. The van der Waals surface area contributed by atoms with Gasteiger partial charge in [0.1, 0.15) is 0 Å². The van der Waals surface area contributed by atoms with Crippen LogP contribution in [-0.2, 0) is 26.5 Å². The van der Waals surface area contributed by atoms with Crippen LogP contribution in [-0.4, -0.2) is 61.4 Å². The third-order valence-corrected chi connectivity index (χ3v) is 12.7. The third-order valence-electron chi connectivity index (χ3n) is 9.77. The van der Waals surface area contributed by atoms with E-state index in [-0.39, 0.29) is 43.3 Å². The highest BCUT2D eigenvalue weighted by Gasteiger charge is 2.67. The van der Waals surface area contributed by atoms with Crippen molar-refractivity contribution in [1.29, 1.82) is 0 Å². The van der Waals surface area contributed by atoms with Crippen molar-refractivity contribution >= 4 is 53.4 Å². The quantitative estimate of drug-likeness (QED) is 0.209. The Hall–Kier alpha value is -3.38. The lowest BCUT2D eigenvalue weighted by Gasteiger charge is -2.31.